The van der Waals surface area contributed by atoms with E-state index in [9.17, 15) is 18.0 Å². The minimum absolute atomic E-state index is 0.0444. The highest BCUT2D eigenvalue weighted by Gasteiger charge is 2.30. The lowest BCUT2D eigenvalue weighted by Crippen LogP contribution is -2.53. The van der Waals surface area contributed by atoms with Crippen LogP contribution in [0.3, 0.4) is 0 Å². The predicted molar refractivity (Wildman–Crippen MR) is 117 cm³/mol. The lowest BCUT2D eigenvalue weighted by molar-refractivity contribution is -0.133. The number of rotatable bonds is 7. The maximum Gasteiger partial charge on any atom is 0.251 e. The molecule has 160 valence electrons. The fourth-order valence-electron chi connectivity index (χ4n) is 3.42. The van der Waals surface area contributed by atoms with E-state index in [2.05, 4.69) is 5.32 Å². The van der Waals surface area contributed by atoms with E-state index in [1.807, 2.05) is 42.5 Å². The summed E-state index contributed by atoms with van der Waals surface area (Å²) >= 11 is 0. The van der Waals surface area contributed by atoms with Gasteiger partial charge in [-0.25, -0.2) is 8.42 Å². The molecule has 1 fully saturated rings. The van der Waals surface area contributed by atoms with Crippen molar-refractivity contribution in [3.05, 3.63) is 60.2 Å². The van der Waals surface area contributed by atoms with Gasteiger partial charge in [0.25, 0.3) is 5.91 Å². The second kappa shape index (κ2) is 9.86. The van der Waals surface area contributed by atoms with E-state index in [1.54, 1.807) is 12.1 Å². The molecule has 1 heterocycles. The summed E-state index contributed by atoms with van der Waals surface area (Å²) in [4.78, 5) is 27.2. The zero-order valence-electron chi connectivity index (χ0n) is 16.8. The first-order chi connectivity index (χ1) is 14.4. The van der Waals surface area contributed by atoms with Crippen molar-refractivity contribution in [1.29, 1.82) is 0 Å². The Bertz CT molecular complexity index is 961. The van der Waals surface area contributed by atoms with Gasteiger partial charge < -0.3 is 16.0 Å². The molecular formula is C22H27N3O4S. The van der Waals surface area contributed by atoms with Gasteiger partial charge in [0, 0.05) is 18.7 Å². The van der Waals surface area contributed by atoms with Crippen molar-refractivity contribution in [2.75, 3.05) is 31.1 Å². The highest BCUT2D eigenvalue weighted by molar-refractivity contribution is 7.91. The van der Waals surface area contributed by atoms with Crippen LogP contribution in [0.5, 0.6) is 0 Å². The highest BCUT2D eigenvalue weighted by atomic mass is 32.2. The third-order valence-electron chi connectivity index (χ3n) is 5.21. The molecule has 0 aromatic heterocycles. The summed E-state index contributed by atoms with van der Waals surface area (Å²) in [6, 6.07) is 16.3. The van der Waals surface area contributed by atoms with Crippen LogP contribution in [0.1, 0.15) is 23.2 Å². The van der Waals surface area contributed by atoms with Crippen molar-refractivity contribution < 1.29 is 18.0 Å². The molecule has 1 atom stereocenters. The molecule has 1 aliphatic rings. The van der Waals surface area contributed by atoms with E-state index in [0.29, 0.717) is 24.9 Å². The van der Waals surface area contributed by atoms with Gasteiger partial charge in [-0.3, -0.25) is 9.59 Å². The van der Waals surface area contributed by atoms with E-state index in [1.165, 1.54) is 4.90 Å². The van der Waals surface area contributed by atoms with Gasteiger partial charge in [0.2, 0.25) is 5.91 Å². The monoisotopic (exact) mass is 429 g/mol. The van der Waals surface area contributed by atoms with Gasteiger partial charge in [0.05, 0.1) is 11.5 Å². The average Bonchev–Trinajstić information content (AvgIpc) is 2.76. The number of carbonyl (C=O) groups is 2. The van der Waals surface area contributed by atoms with Gasteiger partial charge in [-0.05, 0) is 42.6 Å². The number of amides is 2. The fraction of sp³-hybridized carbons (Fsp3) is 0.364. The quantitative estimate of drug-likeness (QED) is 0.692. The number of sulfone groups is 1. The van der Waals surface area contributed by atoms with Gasteiger partial charge in [-0.15, -0.1) is 0 Å². The Morgan fingerprint density at radius 2 is 1.57 bits per heavy atom. The van der Waals surface area contributed by atoms with Crippen molar-refractivity contribution in [2.24, 2.45) is 5.73 Å². The molecule has 0 saturated carbocycles. The first-order valence-electron chi connectivity index (χ1n) is 10.1. The Morgan fingerprint density at radius 1 is 0.967 bits per heavy atom. The summed E-state index contributed by atoms with van der Waals surface area (Å²) in [5.74, 6) is -0.684. The first-order valence-corrected chi connectivity index (χ1v) is 11.9. The molecule has 1 saturated heterocycles. The molecule has 8 heteroatoms. The first kappa shape index (κ1) is 22.0. The Labute approximate surface area is 177 Å². The van der Waals surface area contributed by atoms with Crippen LogP contribution in [-0.2, 0) is 14.6 Å². The third-order valence-corrected chi connectivity index (χ3v) is 6.82. The van der Waals surface area contributed by atoms with Crippen molar-refractivity contribution >= 4 is 21.7 Å². The van der Waals surface area contributed by atoms with Crippen LogP contribution in [0.4, 0.5) is 0 Å². The van der Waals surface area contributed by atoms with Crippen molar-refractivity contribution in [2.45, 2.75) is 18.9 Å². The summed E-state index contributed by atoms with van der Waals surface area (Å²) in [5, 5.41) is 2.81. The molecule has 0 unspecified atom stereocenters. The van der Waals surface area contributed by atoms with Gasteiger partial charge in [0.1, 0.15) is 6.04 Å². The maximum absolute atomic E-state index is 12.9. The lowest BCUT2D eigenvalue weighted by atomic mass is 10.0. The molecule has 7 nitrogen and oxygen atoms in total. The van der Waals surface area contributed by atoms with E-state index < -0.39 is 15.9 Å². The number of benzene rings is 2. The van der Waals surface area contributed by atoms with Crippen LogP contribution < -0.4 is 11.1 Å². The highest BCUT2D eigenvalue weighted by Crippen LogP contribution is 2.19. The number of nitrogens with one attached hydrogen (secondary N) is 1. The Hall–Kier alpha value is -2.71. The molecule has 2 amide bonds. The molecule has 30 heavy (non-hydrogen) atoms. The molecule has 2 aromatic rings. The number of nitrogens with zero attached hydrogens (tertiary/aromatic N) is 1. The molecule has 0 radical (unpaired) electrons. The zero-order chi connectivity index (χ0) is 21.6. The van der Waals surface area contributed by atoms with Crippen molar-refractivity contribution in [3.8, 4) is 11.1 Å². The molecule has 0 spiro atoms. The van der Waals surface area contributed by atoms with Crippen LogP contribution in [0.2, 0.25) is 0 Å². The molecule has 0 aliphatic carbocycles. The zero-order valence-corrected chi connectivity index (χ0v) is 17.6. The van der Waals surface area contributed by atoms with Crippen molar-refractivity contribution in [3.63, 3.8) is 0 Å². The Balaban J connectivity index is 1.68. The summed E-state index contributed by atoms with van der Waals surface area (Å²) < 4.78 is 23.3. The Kier molecular flexibility index (Phi) is 7.23. The summed E-state index contributed by atoms with van der Waals surface area (Å²) in [6.07, 6.45) is 0.988. The minimum Gasteiger partial charge on any atom is -0.340 e. The third kappa shape index (κ3) is 5.67. The molecule has 3 N–H and O–H groups in total. The summed E-state index contributed by atoms with van der Waals surface area (Å²) in [7, 11) is -3.09. The largest absolute Gasteiger partial charge is 0.340 e. The number of nitrogens with two attached hydrogens (primary N) is 1. The molecule has 3 rings (SSSR count). The van der Waals surface area contributed by atoms with Crippen LogP contribution in [0, 0.1) is 0 Å². The second-order valence-corrected chi connectivity index (χ2v) is 9.68. The standard InChI is InChI=1S/C22H27N3O4S/c23-12-4-7-20(22(27)25-13-15-30(28,29)16-14-25)24-21(26)19-10-8-18(9-11-19)17-5-2-1-3-6-17/h1-3,5-6,8-11,20H,4,7,12-16,23H2,(H,24,26)/t20-/m0/s1. The molecule has 1 aliphatic heterocycles. The molecular weight excluding hydrogens is 402 g/mol. The second-order valence-electron chi connectivity index (χ2n) is 7.38. The van der Waals surface area contributed by atoms with E-state index in [4.69, 9.17) is 5.73 Å². The SMILES string of the molecule is NCCC[C@H](NC(=O)c1ccc(-c2ccccc2)cc1)C(=O)N1CCS(=O)(=O)CC1. The van der Waals surface area contributed by atoms with Crippen LogP contribution in [0.25, 0.3) is 11.1 Å². The van der Waals surface area contributed by atoms with Gasteiger partial charge in [-0.2, -0.15) is 0 Å². The van der Waals surface area contributed by atoms with E-state index in [-0.39, 0.29) is 36.4 Å². The van der Waals surface area contributed by atoms with Crippen molar-refractivity contribution in [1.82, 2.24) is 10.2 Å². The summed E-state index contributed by atoms with van der Waals surface area (Å²) in [5.41, 5.74) is 8.10. The van der Waals surface area contributed by atoms with Gasteiger partial charge in [-0.1, -0.05) is 42.5 Å². The van der Waals surface area contributed by atoms with Gasteiger partial charge in [0.15, 0.2) is 9.84 Å². The molecule has 0 bridgehead atoms. The number of hydrogen-bond donors (Lipinski definition) is 2. The van der Waals surface area contributed by atoms with Crippen LogP contribution in [-0.4, -0.2) is 62.3 Å². The van der Waals surface area contributed by atoms with Gasteiger partial charge >= 0.3 is 0 Å². The smallest absolute Gasteiger partial charge is 0.251 e. The average molecular weight is 430 g/mol. The minimum atomic E-state index is -3.09. The maximum atomic E-state index is 12.9. The van der Waals surface area contributed by atoms with Crippen LogP contribution in [0.15, 0.2) is 54.6 Å². The normalized spacial score (nSPS) is 16.6. The summed E-state index contributed by atoms with van der Waals surface area (Å²) in [6.45, 7) is 0.712. The number of hydrogen-bond acceptors (Lipinski definition) is 5. The van der Waals surface area contributed by atoms with Crippen LogP contribution >= 0.6 is 0 Å². The lowest BCUT2D eigenvalue weighted by Gasteiger charge is -2.30. The molecule has 2 aromatic carbocycles. The topological polar surface area (TPSA) is 110 Å². The fourth-order valence-corrected chi connectivity index (χ4v) is 4.62. The number of carbonyl (C=O) groups excluding carboxylic acids is 2. The van der Waals surface area contributed by atoms with E-state index in [0.717, 1.165) is 11.1 Å². The van der Waals surface area contributed by atoms with E-state index >= 15 is 0 Å². The predicted octanol–water partition coefficient (Wildman–Crippen LogP) is 1.45. The Morgan fingerprint density at radius 3 is 2.17 bits per heavy atom.